The predicted molar refractivity (Wildman–Crippen MR) is 130 cm³/mol. The Labute approximate surface area is 199 Å². The zero-order valence-corrected chi connectivity index (χ0v) is 19.9. The average Bonchev–Trinajstić information content (AvgIpc) is 3.21. The van der Waals surface area contributed by atoms with Gasteiger partial charge in [0, 0.05) is 50.2 Å². The van der Waals surface area contributed by atoms with Crippen LogP contribution in [0.5, 0.6) is 11.5 Å². The maximum atomic E-state index is 13.2. The molecule has 176 valence electrons. The molecule has 0 radical (unpaired) electrons. The molecule has 1 N–H and O–H groups in total. The largest absolute Gasteiger partial charge is 0.497 e. The van der Waals surface area contributed by atoms with Gasteiger partial charge in [0.15, 0.2) is 0 Å². The normalized spacial score (nSPS) is 19.0. The molecule has 9 heteroatoms. The van der Waals surface area contributed by atoms with Gasteiger partial charge in [0.1, 0.15) is 11.5 Å². The quantitative estimate of drug-likeness (QED) is 0.696. The molecule has 4 rings (SSSR count). The van der Waals surface area contributed by atoms with Gasteiger partial charge in [0.25, 0.3) is 0 Å². The van der Waals surface area contributed by atoms with Crippen LogP contribution in [0.25, 0.3) is 0 Å². The van der Waals surface area contributed by atoms with E-state index in [1.807, 2.05) is 12.1 Å². The van der Waals surface area contributed by atoms with Crippen molar-refractivity contribution in [3.8, 4) is 11.5 Å². The molecule has 1 atom stereocenters. The molecule has 2 amide bonds. The third-order valence-electron chi connectivity index (χ3n) is 6.23. The van der Waals surface area contributed by atoms with E-state index in [-0.39, 0.29) is 24.8 Å². The maximum Gasteiger partial charge on any atom is 0.229 e. The molecular formula is C24H29ClN4O4. The molecule has 8 nitrogen and oxygen atoms in total. The summed E-state index contributed by atoms with van der Waals surface area (Å²) in [6, 6.07) is 10.8. The minimum absolute atomic E-state index is 0.121. The highest BCUT2D eigenvalue weighted by Gasteiger charge is 2.36. The Bertz CT molecular complexity index is 1040. The molecule has 0 saturated carbocycles. The van der Waals surface area contributed by atoms with Crippen LogP contribution in [0.15, 0.2) is 36.4 Å². The summed E-state index contributed by atoms with van der Waals surface area (Å²) in [6.45, 7) is 3.91. The van der Waals surface area contributed by atoms with Gasteiger partial charge >= 0.3 is 0 Å². The van der Waals surface area contributed by atoms with Crippen molar-refractivity contribution in [3.63, 3.8) is 0 Å². The first kappa shape index (κ1) is 23.2. The second-order valence-electron chi connectivity index (χ2n) is 8.38. The van der Waals surface area contributed by atoms with E-state index >= 15 is 0 Å². The molecule has 0 spiro atoms. The average molecular weight is 473 g/mol. The third kappa shape index (κ3) is 5.02. The lowest BCUT2D eigenvalue weighted by atomic mass is 10.1. The summed E-state index contributed by atoms with van der Waals surface area (Å²) in [7, 11) is 5.21. The zero-order valence-electron chi connectivity index (χ0n) is 19.1. The van der Waals surface area contributed by atoms with Crippen molar-refractivity contribution in [1.29, 1.82) is 0 Å². The first-order valence-electron chi connectivity index (χ1n) is 11.0. The number of nitrogens with zero attached hydrogens (tertiary/aromatic N) is 3. The van der Waals surface area contributed by atoms with E-state index in [0.717, 1.165) is 31.9 Å². The summed E-state index contributed by atoms with van der Waals surface area (Å²) in [6.07, 6.45) is 0.130. The van der Waals surface area contributed by atoms with Gasteiger partial charge in [0.05, 0.1) is 37.2 Å². The van der Waals surface area contributed by atoms with Crippen LogP contribution in [0.4, 0.5) is 17.1 Å². The number of anilines is 3. The number of hydrogen-bond donors (Lipinski definition) is 1. The number of hydrogen-bond acceptors (Lipinski definition) is 6. The number of ether oxygens (including phenoxy) is 2. The number of likely N-dealkylation sites (N-methyl/N-ethyl adjacent to an activating group) is 1. The van der Waals surface area contributed by atoms with Gasteiger partial charge in [-0.1, -0.05) is 11.6 Å². The Hall–Kier alpha value is -2.97. The monoisotopic (exact) mass is 472 g/mol. The Kier molecular flexibility index (Phi) is 6.95. The number of piperazine rings is 1. The van der Waals surface area contributed by atoms with Crippen molar-refractivity contribution in [2.24, 2.45) is 5.92 Å². The van der Waals surface area contributed by atoms with Crippen molar-refractivity contribution in [3.05, 3.63) is 41.4 Å². The van der Waals surface area contributed by atoms with Crippen LogP contribution in [-0.2, 0) is 9.59 Å². The van der Waals surface area contributed by atoms with Crippen molar-refractivity contribution in [2.45, 2.75) is 6.42 Å². The Morgan fingerprint density at radius 1 is 1.03 bits per heavy atom. The van der Waals surface area contributed by atoms with E-state index in [4.69, 9.17) is 21.1 Å². The van der Waals surface area contributed by atoms with E-state index < -0.39 is 5.92 Å². The molecule has 2 aliphatic heterocycles. The molecule has 0 bridgehead atoms. The lowest BCUT2D eigenvalue weighted by Gasteiger charge is -2.35. The van der Waals surface area contributed by atoms with Crippen LogP contribution in [0.1, 0.15) is 6.42 Å². The molecule has 2 saturated heterocycles. The maximum absolute atomic E-state index is 13.2. The number of methoxy groups -OCH3 is 2. The topological polar surface area (TPSA) is 74.4 Å². The number of amides is 2. The number of rotatable bonds is 6. The van der Waals surface area contributed by atoms with Crippen LogP contribution in [0, 0.1) is 5.92 Å². The van der Waals surface area contributed by atoms with E-state index in [1.165, 1.54) is 0 Å². The van der Waals surface area contributed by atoms with Crippen molar-refractivity contribution >= 4 is 40.5 Å². The summed E-state index contributed by atoms with van der Waals surface area (Å²) in [5.41, 5.74) is 2.24. The highest BCUT2D eigenvalue weighted by Crippen LogP contribution is 2.37. The van der Waals surface area contributed by atoms with E-state index in [2.05, 4.69) is 22.2 Å². The van der Waals surface area contributed by atoms with E-state index in [0.29, 0.717) is 27.9 Å². The molecule has 0 aromatic heterocycles. The van der Waals surface area contributed by atoms with Crippen LogP contribution in [-0.4, -0.2) is 70.7 Å². The fraction of sp³-hybridized carbons (Fsp3) is 0.417. The standard InChI is InChI=1S/C24H29ClN4O4/c1-27-8-10-28(11-9-27)20-6-4-17(25)13-19(20)26-24(31)16-12-23(30)29(15-16)21-7-5-18(32-2)14-22(21)33-3/h4-7,13-14,16H,8-12,15H2,1-3H3,(H,26,31)/t16-/m0/s1. The first-order valence-corrected chi connectivity index (χ1v) is 11.3. The second kappa shape index (κ2) is 9.89. The number of benzene rings is 2. The molecule has 2 fully saturated rings. The number of carbonyl (C=O) groups is 2. The van der Waals surface area contributed by atoms with Gasteiger partial charge < -0.3 is 29.5 Å². The fourth-order valence-electron chi connectivity index (χ4n) is 4.29. The lowest BCUT2D eigenvalue weighted by Crippen LogP contribution is -2.44. The minimum atomic E-state index is -0.483. The lowest BCUT2D eigenvalue weighted by molar-refractivity contribution is -0.122. The fourth-order valence-corrected chi connectivity index (χ4v) is 4.46. The van der Waals surface area contributed by atoms with Crippen molar-refractivity contribution in [1.82, 2.24) is 4.90 Å². The van der Waals surface area contributed by atoms with Gasteiger partial charge in [-0.3, -0.25) is 9.59 Å². The summed E-state index contributed by atoms with van der Waals surface area (Å²) in [4.78, 5) is 32.1. The Balaban J connectivity index is 1.50. The van der Waals surface area contributed by atoms with Crippen LogP contribution < -0.4 is 24.6 Å². The summed E-state index contributed by atoms with van der Waals surface area (Å²) in [5.74, 6) is 0.355. The van der Waals surface area contributed by atoms with E-state index in [9.17, 15) is 9.59 Å². The molecule has 2 aromatic rings. The highest BCUT2D eigenvalue weighted by atomic mass is 35.5. The SMILES string of the molecule is COc1ccc(N2C[C@@H](C(=O)Nc3cc(Cl)ccc3N3CCN(C)CC3)CC2=O)c(OC)c1. The number of nitrogens with one attached hydrogen (secondary N) is 1. The highest BCUT2D eigenvalue weighted by molar-refractivity contribution is 6.31. The Morgan fingerprint density at radius 3 is 2.45 bits per heavy atom. The first-order chi connectivity index (χ1) is 15.9. The van der Waals surface area contributed by atoms with Crippen molar-refractivity contribution in [2.75, 3.05) is 69.1 Å². The molecule has 0 aliphatic carbocycles. The van der Waals surface area contributed by atoms with Gasteiger partial charge in [-0.05, 0) is 37.4 Å². The smallest absolute Gasteiger partial charge is 0.229 e. The number of halogens is 1. The summed E-state index contributed by atoms with van der Waals surface area (Å²) >= 11 is 6.24. The number of carbonyl (C=O) groups excluding carboxylic acids is 2. The molecule has 0 unspecified atom stereocenters. The van der Waals surface area contributed by atoms with Crippen LogP contribution >= 0.6 is 11.6 Å². The predicted octanol–water partition coefficient (Wildman–Crippen LogP) is 3.10. The third-order valence-corrected chi connectivity index (χ3v) is 6.47. The minimum Gasteiger partial charge on any atom is -0.497 e. The van der Waals surface area contributed by atoms with Gasteiger partial charge in [-0.15, -0.1) is 0 Å². The zero-order chi connectivity index (χ0) is 23.5. The molecule has 33 heavy (non-hydrogen) atoms. The van der Waals surface area contributed by atoms with Crippen LogP contribution in [0.3, 0.4) is 0 Å². The molecule has 2 heterocycles. The van der Waals surface area contributed by atoms with Gasteiger partial charge in [0.2, 0.25) is 11.8 Å². The van der Waals surface area contributed by atoms with Crippen LogP contribution in [0.2, 0.25) is 5.02 Å². The Morgan fingerprint density at radius 2 is 1.76 bits per heavy atom. The van der Waals surface area contributed by atoms with E-state index in [1.54, 1.807) is 43.4 Å². The molecule has 2 aliphatic rings. The molecular weight excluding hydrogens is 444 g/mol. The second-order valence-corrected chi connectivity index (χ2v) is 8.82. The van der Waals surface area contributed by atoms with Gasteiger partial charge in [-0.2, -0.15) is 0 Å². The van der Waals surface area contributed by atoms with Crippen molar-refractivity contribution < 1.29 is 19.1 Å². The molecule has 2 aromatic carbocycles. The summed E-state index contributed by atoms with van der Waals surface area (Å²) in [5, 5.41) is 3.58. The van der Waals surface area contributed by atoms with Gasteiger partial charge in [-0.25, -0.2) is 0 Å². The summed E-state index contributed by atoms with van der Waals surface area (Å²) < 4.78 is 10.7.